The Bertz CT molecular complexity index is 581. The van der Waals surface area contributed by atoms with E-state index in [4.69, 9.17) is 0 Å². The van der Waals surface area contributed by atoms with Crippen molar-refractivity contribution >= 4 is 10.9 Å². The molecule has 0 fully saturated rings. The molecule has 2 nitrogen and oxygen atoms in total. The fraction of sp³-hybridized carbons (Fsp3) is 0.438. The van der Waals surface area contributed by atoms with E-state index in [1.54, 1.807) is 0 Å². The van der Waals surface area contributed by atoms with Crippen molar-refractivity contribution < 1.29 is 13.2 Å². The Labute approximate surface area is 122 Å². The van der Waals surface area contributed by atoms with Crippen LogP contribution in [-0.2, 0) is 0 Å². The highest BCUT2D eigenvalue weighted by molar-refractivity contribution is 5.78. The maximum absolute atomic E-state index is 12.5. The first kappa shape index (κ1) is 15.8. The molecule has 1 N–H and O–H groups in total. The molecule has 0 spiro atoms. The summed E-state index contributed by atoms with van der Waals surface area (Å²) in [5, 5.41) is 4.15. The first-order valence-electron chi connectivity index (χ1n) is 7.15. The quantitative estimate of drug-likeness (QED) is 0.841. The molecule has 0 bridgehead atoms. The molecule has 1 heterocycles. The van der Waals surface area contributed by atoms with Crippen molar-refractivity contribution in [3.63, 3.8) is 0 Å². The molecule has 114 valence electrons. The Morgan fingerprint density at radius 1 is 1.14 bits per heavy atom. The van der Waals surface area contributed by atoms with Gasteiger partial charge in [-0.05, 0) is 31.5 Å². The number of aromatic nitrogens is 1. The summed E-state index contributed by atoms with van der Waals surface area (Å²) in [6, 6.07) is 11.0. The van der Waals surface area contributed by atoms with Crippen LogP contribution in [0.1, 0.15) is 37.9 Å². The number of pyridine rings is 1. The van der Waals surface area contributed by atoms with Gasteiger partial charge in [0.15, 0.2) is 0 Å². The van der Waals surface area contributed by atoms with Gasteiger partial charge in [0.1, 0.15) is 0 Å². The Morgan fingerprint density at radius 2 is 1.90 bits per heavy atom. The summed E-state index contributed by atoms with van der Waals surface area (Å²) in [6.45, 7) is 2.67. The number of nitrogens with one attached hydrogen (secondary N) is 1. The van der Waals surface area contributed by atoms with Gasteiger partial charge < -0.3 is 5.32 Å². The third-order valence-electron chi connectivity index (χ3n) is 3.33. The van der Waals surface area contributed by atoms with Crippen LogP contribution in [0.5, 0.6) is 0 Å². The molecule has 1 aromatic carbocycles. The first-order chi connectivity index (χ1) is 9.99. The zero-order valence-corrected chi connectivity index (χ0v) is 12.0. The van der Waals surface area contributed by atoms with E-state index in [-0.39, 0.29) is 12.5 Å². The summed E-state index contributed by atoms with van der Waals surface area (Å²) in [4.78, 5) is 4.50. The molecule has 1 unspecified atom stereocenters. The molecule has 0 amide bonds. The van der Waals surface area contributed by atoms with Gasteiger partial charge in [0.2, 0.25) is 0 Å². The molecule has 1 atom stereocenters. The van der Waals surface area contributed by atoms with Crippen molar-refractivity contribution in [3.8, 4) is 0 Å². The minimum absolute atomic E-state index is 0.00877. The predicted octanol–water partition coefficient (Wildman–Crippen LogP) is 4.62. The van der Waals surface area contributed by atoms with Gasteiger partial charge in [-0.15, -0.1) is 0 Å². The molecule has 0 aliphatic rings. The maximum atomic E-state index is 12.5. The summed E-state index contributed by atoms with van der Waals surface area (Å²) in [7, 11) is 0. The third kappa shape index (κ3) is 4.70. The topological polar surface area (TPSA) is 24.9 Å². The molecule has 0 aliphatic heterocycles. The van der Waals surface area contributed by atoms with Crippen LogP contribution in [0.15, 0.2) is 36.4 Å². The van der Waals surface area contributed by atoms with Gasteiger partial charge in [-0.3, -0.25) is 4.98 Å². The summed E-state index contributed by atoms with van der Waals surface area (Å²) >= 11 is 0. The van der Waals surface area contributed by atoms with Crippen molar-refractivity contribution in [2.45, 2.75) is 38.4 Å². The van der Waals surface area contributed by atoms with Crippen LogP contribution in [0, 0.1) is 0 Å². The standard InChI is InChI=1S/C16H19F3N2/c1-2-11-20-14(9-10-16(17,18)19)15-8-7-12-5-3-4-6-13(12)21-15/h3-8,14,20H,2,9-11H2,1H3. The smallest absolute Gasteiger partial charge is 0.309 e. The van der Waals surface area contributed by atoms with Gasteiger partial charge >= 0.3 is 6.18 Å². The van der Waals surface area contributed by atoms with Crippen LogP contribution >= 0.6 is 0 Å². The molecule has 0 aliphatic carbocycles. The van der Waals surface area contributed by atoms with E-state index in [0.717, 1.165) is 17.3 Å². The zero-order valence-electron chi connectivity index (χ0n) is 12.0. The zero-order chi connectivity index (χ0) is 15.3. The van der Waals surface area contributed by atoms with E-state index < -0.39 is 12.6 Å². The van der Waals surface area contributed by atoms with E-state index in [2.05, 4.69) is 10.3 Å². The van der Waals surface area contributed by atoms with E-state index in [1.807, 2.05) is 43.3 Å². The lowest BCUT2D eigenvalue weighted by molar-refractivity contribution is -0.136. The lowest BCUT2D eigenvalue weighted by Gasteiger charge is -2.19. The molecule has 21 heavy (non-hydrogen) atoms. The maximum Gasteiger partial charge on any atom is 0.389 e. The van der Waals surface area contributed by atoms with E-state index in [1.165, 1.54) is 0 Å². The van der Waals surface area contributed by atoms with Crippen LogP contribution in [0.25, 0.3) is 10.9 Å². The second kappa shape index (κ2) is 6.89. The highest BCUT2D eigenvalue weighted by Crippen LogP contribution is 2.27. The lowest BCUT2D eigenvalue weighted by atomic mass is 10.1. The Hall–Kier alpha value is -1.62. The van der Waals surface area contributed by atoms with Crippen LogP contribution in [0.4, 0.5) is 13.2 Å². The number of halogens is 3. The highest BCUT2D eigenvalue weighted by atomic mass is 19.4. The molecule has 0 saturated heterocycles. The molecule has 5 heteroatoms. The minimum atomic E-state index is -4.14. The number of rotatable bonds is 6. The average Bonchev–Trinajstić information content (AvgIpc) is 2.46. The molecular weight excluding hydrogens is 277 g/mol. The van der Waals surface area contributed by atoms with Crippen LogP contribution in [-0.4, -0.2) is 17.7 Å². The van der Waals surface area contributed by atoms with Crippen molar-refractivity contribution in [2.75, 3.05) is 6.54 Å². The Kier molecular flexibility index (Phi) is 5.17. The summed E-state index contributed by atoms with van der Waals surface area (Å²) in [5.74, 6) is 0. The molecule has 2 rings (SSSR count). The number of alkyl halides is 3. The highest BCUT2D eigenvalue weighted by Gasteiger charge is 2.29. The van der Waals surface area contributed by atoms with Crippen molar-refractivity contribution in [3.05, 3.63) is 42.1 Å². The lowest BCUT2D eigenvalue weighted by Crippen LogP contribution is -2.25. The van der Waals surface area contributed by atoms with E-state index in [0.29, 0.717) is 12.2 Å². The monoisotopic (exact) mass is 296 g/mol. The molecule has 1 aromatic heterocycles. The molecule has 0 saturated carbocycles. The normalized spacial score (nSPS) is 13.5. The van der Waals surface area contributed by atoms with Crippen molar-refractivity contribution in [1.82, 2.24) is 10.3 Å². The summed E-state index contributed by atoms with van der Waals surface area (Å²) in [6.07, 6.45) is -4.06. The first-order valence-corrected chi connectivity index (χ1v) is 7.15. The van der Waals surface area contributed by atoms with Crippen molar-refractivity contribution in [1.29, 1.82) is 0 Å². The number of hydrogen-bond acceptors (Lipinski definition) is 2. The second-order valence-corrected chi connectivity index (χ2v) is 5.09. The number of para-hydroxylation sites is 1. The number of hydrogen-bond donors (Lipinski definition) is 1. The van der Waals surface area contributed by atoms with Gasteiger partial charge in [0, 0.05) is 17.8 Å². The van der Waals surface area contributed by atoms with Crippen molar-refractivity contribution in [2.24, 2.45) is 0 Å². The number of benzene rings is 1. The fourth-order valence-corrected chi connectivity index (χ4v) is 2.26. The van der Waals surface area contributed by atoms with Crippen LogP contribution in [0.2, 0.25) is 0 Å². The Morgan fingerprint density at radius 3 is 2.62 bits per heavy atom. The second-order valence-electron chi connectivity index (χ2n) is 5.09. The number of nitrogens with zero attached hydrogens (tertiary/aromatic N) is 1. The molecule has 0 radical (unpaired) electrons. The average molecular weight is 296 g/mol. The summed E-state index contributed by atoms with van der Waals surface area (Å²) < 4.78 is 37.4. The number of fused-ring (bicyclic) bond motifs is 1. The van der Waals surface area contributed by atoms with Crippen LogP contribution < -0.4 is 5.32 Å². The van der Waals surface area contributed by atoms with E-state index in [9.17, 15) is 13.2 Å². The van der Waals surface area contributed by atoms with Gasteiger partial charge in [-0.25, -0.2) is 0 Å². The largest absolute Gasteiger partial charge is 0.389 e. The third-order valence-corrected chi connectivity index (χ3v) is 3.33. The molecular formula is C16H19F3N2. The molecule has 2 aromatic rings. The van der Waals surface area contributed by atoms with Gasteiger partial charge in [0.25, 0.3) is 0 Å². The van der Waals surface area contributed by atoms with E-state index >= 15 is 0 Å². The fourth-order valence-electron chi connectivity index (χ4n) is 2.26. The summed E-state index contributed by atoms with van der Waals surface area (Å²) in [5.41, 5.74) is 1.48. The SMILES string of the molecule is CCCNC(CCC(F)(F)F)c1ccc2ccccc2n1. The minimum Gasteiger partial charge on any atom is -0.309 e. The Balaban J connectivity index is 2.20. The van der Waals surface area contributed by atoms with Crippen LogP contribution in [0.3, 0.4) is 0 Å². The predicted molar refractivity (Wildman–Crippen MR) is 78.1 cm³/mol. The van der Waals surface area contributed by atoms with Gasteiger partial charge in [-0.2, -0.15) is 13.2 Å². The van der Waals surface area contributed by atoms with Gasteiger partial charge in [-0.1, -0.05) is 31.2 Å². The van der Waals surface area contributed by atoms with Gasteiger partial charge in [0.05, 0.1) is 11.2 Å².